The van der Waals surface area contributed by atoms with E-state index in [1.54, 1.807) is 11.0 Å². The number of phenolic OH excluding ortho intramolecular Hbond substituents is 1. The number of carbonyl (C=O) groups is 1. The summed E-state index contributed by atoms with van der Waals surface area (Å²) < 4.78 is 5.41. The largest absolute Gasteiger partial charge is 0.508 e. The maximum Gasteiger partial charge on any atom is 0.410 e. The molecule has 126 valence electrons. The lowest BCUT2D eigenvalue weighted by Crippen LogP contribution is -2.39. The topological polar surface area (TPSA) is 49.8 Å². The fraction of sp³-hybridized carbons (Fsp3) is 0.526. The molecule has 4 nitrogen and oxygen atoms in total. The molecule has 23 heavy (non-hydrogen) atoms. The standard InChI is InChI=1S/C19H27NO3/c1-13(2)16-12-15(6-7-17(16)21)14-8-10-20(11-9-14)18(22)23-19(3,4)5/h6-8,12-13,21H,9-11H2,1-5H3. The highest BCUT2D eigenvalue weighted by atomic mass is 16.6. The molecule has 0 aromatic heterocycles. The van der Waals surface area contributed by atoms with Gasteiger partial charge < -0.3 is 14.7 Å². The third-order valence-corrected chi connectivity index (χ3v) is 3.88. The molecule has 1 amide bonds. The summed E-state index contributed by atoms with van der Waals surface area (Å²) in [7, 11) is 0. The number of aromatic hydroxyl groups is 1. The average molecular weight is 317 g/mol. The van der Waals surface area contributed by atoms with Crippen LogP contribution in [0.3, 0.4) is 0 Å². The summed E-state index contributed by atoms with van der Waals surface area (Å²) in [5.41, 5.74) is 2.82. The van der Waals surface area contributed by atoms with Crippen molar-refractivity contribution in [2.75, 3.05) is 13.1 Å². The predicted molar refractivity (Wildman–Crippen MR) is 92.6 cm³/mol. The molecule has 4 heteroatoms. The van der Waals surface area contributed by atoms with Crippen LogP contribution < -0.4 is 0 Å². The fourth-order valence-electron chi connectivity index (χ4n) is 2.64. The number of amides is 1. The number of carbonyl (C=O) groups excluding carboxylic acids is 1. The van der Waals surface area contributed by atoms with E-state index in [0.29, 0.717) is 18.8 Å². The van der Waals surface area contributed by atoms with Crippen LogP contribution in [-0.2, 0) is 4.74 Å². The van der Waals surface area contributed by atoms with Crippen molar-refractivity contribution >= 4 is 11.7 Å². The van der Waals surface area contributed by atoms with Gasteiger partial charge in [0.25, 0.3) is 0 Å². The molecule has 0 radical (unpaired) electrons. The Bertz CT molecular complexity index is 612. The molecular formula is C19H27NO3. The molecule has 1 aliphatic rings. The van der Waals surface area contributed by atoms with Crippen molar-refractivity contribution in [3.63, 3.8) is 0 Å². The Morgan fingerprint density at radius 2 is 2.00 bits per heavy atom. The minimum atomic E-state index is -0.468. The van der Waals surface area contributed by atoms with Gasteiger partial charge in [-0.15, -0.1) is 0 Å². The number of nitrogens with zero attached hydrogens (tertiary/aromatic N) is 1. The maximum absolute atomic E-state index is 12.1. The molecule has 0 bridgehead atoms. The number of benzene rings is 1. The Morgan fingerprint density at radius 3 is 2.52 bits per heavy atom. The van der Waals surface area contributed by atoms with Gasteiger partial charge in [-0.05, 0) is 61.9 Å². The summed E-state index contributed by atoms with van der Waals surface area (Å²) in [6.07, 6.45) is 2.60. The van der Waals surface area contributed by atoms with Crippen LogP contribution in [0, 0.1) is 0 Å². The Balaban J connectivity index is 2.10. The molecule has 1 aromatic rings. The first-order valence-corrected chi connectivity index (χ1v) is 8.17. The number of hydrogen-bond donors (Lipinski definition) is 1. The maximum atomic E-state index is 12.1. The van der Waals surface area contributed by atoms with Crippen molar-refractivity contribution in [1.82, 2.24) is 4.90 Å². The summed E-state index contributed by atoms with van der Waals surface area (Å²) in [4.78, 5) is 13.8. The second kappa shape index (κ2) is 6.65. The summed E-state index contributed by atoms with van der Waals surface area (Å²) in [5.74, 6) is 0.618. The molecule has 2 rings (SSSR count). The third-order valence-electron chi connectivity index (χ3n) is 3.88. The first-order valence-electron chi connectivity index (χ1n) is 8.17. The quantitative estimate of drug-likeness (QED) is 0.871. The molecule has 0 spiro atoms. The second-order valence-corrected chi connectivity index (χ2v) is 7.33. The van der Waals surface area contributed by atoms with Crippen LogP contribution in [0.1, 0.15) is 58.1 Å². The first kappa shape index (κ1) is 17.4. The lowest BCUT2D eigenvalue weighted by Gasteiger charge is -2.29. The van der Waals surface area contributed by atoms with Gasteiger partial charge in [-0.2, -0.15) is 0 Å². The fourth-order valence-corrected chi connectivity index (χ4v) is 2.64. The van der Waals surface area contributed by atoms with Crippen molar-refractivity contribution < 1.29 is 14.6 Å². The Kier molecular flexibility index (Phi) is 5.03. The molecule has 1 heterocycles. The number of rotatable bonds is 2. The van der Waals surface area contributed by atoms with Gasteiger partial charge in [0.15, 0.2) is 0 Å². The zero-order valence-electron chi connectivity index (χ0n) is 14.7. The molecular weight excluding hydrogens is 290 g/mol. The van der Waals surface area contributed by atoms with E-state index < -0.39 is 5.60 Å². The average Bonchev–Trinajstić information content (AvgIpc) is 2.46. The molecule has 1 aromatic carbocycles. The van der Waals surface area contributed by atoms with Crippen molar-refractivity contribution in [2.45, 2.75) is 52.6 Å². The Morgan fingerprint density at radius 1 is 1.30 bits per heavy atom. The zero-order chi connectivity index (χ0) is 17.2. The van der Waals surface area contributed by atoms with E-state index in [1.165, 1.54) is 5.57 Å². The highest BCUT2D eigenvalue weighted by Gasteiger charge is 2.24. The van der Waals surface area contributed by atoms with Crippen LogP contribution in [0.4, 0.5) is 4.79 Å². The van der Waals surface area contributed by atoms with E-state index in [0.717, 1.165) is 17.5 Å². The Hall–Kier alpha value is -1.97. The lowest BCUT2D eigenvalue weighted by molar-refractivity contribution is 0.0270. The van der Waals surface area contributed by atoms with Crippen molar-refractivity contribution in [2.24, 2.45) is 0 Å². The molecule has 0 saturated heterocycles. The van der Waals surface area contributed by atoms with E-state index >= 15 is 0 Å². The number of phenols is 1. The van der Waals surface area contributed by atoms with Gasteiger partial charge in [-0.3, -0.25) is 0 Å². The minimum Gasteiger partial charge on any atom is -0.508 e. The van der Waals surface area contributed by atoms with Gasteiger partial charge in [-0.25, -0.2) is 4.79 Å². The van der Waals surface area contributed by atoms with Gasteiger partial charge in [0, 0.05) is 13.1 Å². The second-order valence-electron chi connectivity index (χ2n) is 7.33. The van der Waals surface area contributed by atoms with Crippen LogP contribution in [0.2, 0.25) is 0 Å². The monoisotopic (exact) mass is 317 g/mol. The van der Waals surface area contributed by atoms with Gasteiger partial charge in [-0.1, -0.05) is 26.0 Å². The van der Waals surface area contributed by atoms with Gasteiger partial charge in [0.05, 0.1) is 0 Å². The molecule has 1 aliphatic heterocycles. The highest BCUT2D eigenvalue weighted by Crippen LogP contribution is 2.31. The van der Waals surface area contributed by atoms with Crippen LogP contribution in [0.15, 0.2) is 24.3 Å². The van der Waals surface area contributed by atoms with Crippen molar-refractivity contribution in [1.29, 1.82) is 0 Å². The highest BCUT2D eigenvalue weighted by molar-refractivity contribution is 5.73. The first-order chi connectivity index (χ1) is 10.7. The molecule has 0 saturated carbocycles. The van der Waals surface area contributed by atoms with Crippen molar-refractivity contribution in [3.8, 4) is 5.75 Å². The van der Waals surface area contributed by atoms with E-state index in [9.17, 15) is 9.90 Å². The van der Waals surface area contributed by atoms with Gasteiger partial charge >= 0.3 is 6.09 Å². The zero-order valence-corrected chi connectivity index (χ0v) is 14.7. The minimum absolute atomic E-state index is 0.263. The normalized spacial score (nSPS) is 15.6. The summed E-state index contributed by atoms with van der Waals surface area (Å²) in [6, 6.07) is 5.75. The van der Waals surface area contributed by atoms with Crippen LogP contribution in [0.5, 0.6) is 5.75 Å². The van der Waals surface area contributed by atoms with Gasteiger partial charge in [0.2, 0.25) is 0 Å². The number of hydrogen-bond acceptors (Lipinski definition) is 3. The SMILES string of the molecule is CC(C)c1cc(C2=CCN(C(=O)OC(C)(C)C)CC2)ccc1O. The van der Waals surface area contributed by atoms with E-state index in [1.807, 2.05) is 26.8 Å². The molecule has 0 fully saturated rings. The third kappa shape index (κ3) is 4.50. The number of ether oxygens (including phenoxy) is 1. The van der Waals surface area contributed by atoms with E-state index in [4.69, 9.17) is 4.74 Å². The summed E-state index contributed by atoms with van der Waals surface area (Å²) in [6.45, 7) is 11.0. The predicted octanol–water partition coefficient (Wildman–Crippen LogP) is 4.54. The molecule has 0 unspecified atom stereocenters. The van der Waals surface area contributed by atoms with E-state index in [2.05, 4.69) is 26.0 Å². The van der Waals surface area contributed by atoms with Crippen LogP contribution in [0.25, 0.3) is 5.57 Å². The van der Waals surface area contributed by atoms with Crippen LogP contribution in [-0.4, -0.2) is 34.8 Å². The van der Waals surface area contributed by atoms with Crippen molar-refractivity contribution in [3.05, 3.63) is 35.4 Å². The Labute approximate surface area is 138 Å². The lowest BCUT2D eigenvalue weighted by atomic mass is 9.94. The summed E-state index contributed by atoms with van der Waals surface area (Å²) in [5, 5.41) is 9.94. The molecule has 1 N–H and O–H groups in total. The smallest absolute Gasteiger partial charge is 0.410 e. The molecule has 0 aliphatic carbocycles. The van der Waals surface area contributed by atoms with E-state index in [-0.39, 0.29) is 12.0 Å². The summed E-state index contributed by atoms with van der Waals surface area (Å²) >= 11 is 0. The van der Waals surface area contributed by atoms with Gasteiger partial charge in [0.1, 0.15) is 11.4 Å². The van der Waals surface area contributed by atoms with Crippen LogP contribution >= 0.6 is 0 Å². The molecule has 0 atom stereocenters.